The minimum absolute atomic E-state index is 0.0785. The minimum atomic E-state index is -0.401. The third kappa shape index (κ3) is 2.35. The molecule has 0 atom stereocenters. The Morgan fingerprint density at radius 2 is 2.18 bits per heavy atom. The van der Waals surface area contributed by atoms with Gasteiger partial charge in [0.25, 0.3) is 0 Å². The number of rotatable bonds is 3. The summed E-state index contributed by atoms with van der Waals surface area (Å²) in [6.07, 6.45) is 1.78. The van der Waals surface area contributed by atoms with Gasteiger partial charge in [-0.25, -0.2) is 4.39 Å². The SMILES string of the molecule is N#Cc1ccc(Cn2cccc2CO)c(F)c1. The molecule has 0 saturated heterocycles. The van der Waals surface area contributed by atoms with Crippen LogP contribution in [0.25, 0.3) is 0 Å². The summed E-state index contributed by atoms with van der Waals surface area (Å²) in [5.74, 6) is -0.401. The molecule has 86 valence electrons. The molecule has 0 aliphatic rings. The molecule has 0 radical (unpaired) electrons. The number of benzene rings is 1. The maximum atomic E-state index is 13.6. The van der Waals surface area contributed by atoms with Crippen molar-refractivity contribution in [2.24, 2.45) is 0 Å². The lowest BCUT2D eigenvalue weighted by atomic mass is 10.1. The number of hydrogen-bond donors (Lipinski definition) is 1. The molecule has 2 rings (SSSR count). The number of aromatic nitrogens is 1. The fourth-order valence-corrected chi connectivity index (χ4v) is 1.68. The highest BCUT2D eigenvalue weighted by atomic mass is 19.1. The van der Waals surface area contributed by atoms with Crippen molar-refractivity contribution in [1.82, 2.24) is 4.57 Å². The topological polar surface area (TPSA) is 49.0 Å². The predicted molar refractivity (Wildman–Crippen MR) is 60.6 cm³/mol. The van der Waals surface area contributed by atoms with Crippen molar-refractivity contribution in [3.8, 4) is 6.07 Å². The third-order valence-electron chi connectivity index (χ3n) is 2.61. The van der Waals surface area contributed by atoms with Crippen LogP contribution in [0.1, 0.15) is 16.8 Å². The fourth-order valence-electron chi connectivity index (χ4n) is 1.68. The standard InChI is InChI=1S/C13H11FN2O/c14-13-6-10(7-15)3-4-11(13)8-16-5-1-2-12(16)9-17/h1-6,17H,8-9H2. The molecule has 17 heavy (non-hydrogen) atoms. The zero-order chi connectivity index (χ0) is 12.3. The van der Waals surface area contributed by atoms with Crippen molar-refractivity contribution >= 4 is 0 Å². The van der Waals surface area contributed by atoms with Gasteiger partial charge in [-0.3, -0.25) is 0 Å². The summed E-state index contributed by atoms with van der Waals surface area (Å²) in [7, 11) is 0. The number of aliphatic hydroxyl groups excluding tert-OH is 1. The Kier molecular flexibility index (Phi) is 3.22. The van der Waals surface area contributed by atoms with Crippen molar-refractivity contribution in [2.75, 3.05) is 0 Å². The van der Waals surface area contributed by atoms with E-state index in [1.165, 1.54) is 6.07 Å². The Hall–Kier alpha value is -2.12. The maximum Gasteiger partial charge on any atom is 0.129 e. The summed E-state index contributed by atoms with van der Waals surface area (Å²) in [4.78, 5) is 0. The minimum Gasteiger partial charge on any atom is -0.390 e. The molecule has 0 fully saturated rings. The van der Waals surface area contributed by atoms with Crippen LogP contribution in [-0.2, 0) is 13.2 Å². The first-order valence-corrected chi connectivity index (χ1v) is 5.18. The maximum absolute atomic E-state index is 13.6. The molecule has 1 aromatic heterocycles. The molecule has 0 aliphatic heterocycles. The summed E-state index contributed by atoms with van der Waals surface area (Å²) in [6, 6.07) is 9.86. The van der Waals surface area contributed by atoms with E-state index in [-0.39, 0.29) is 6.61 Å². The highest BCUT2D eigenvalue weighted by molar-refractivity contribution is 5.33. The lowest BCUT2D eigenvalue weighted by Crippen LogP contribution is -2.04. The Balaban J connectivity index is 2.28. The molecule has 0 aliphatic carbocycles. The van der Waals surface area contributed by atoms with Gasteiger partial charge in [-0.15, -0.1) is 0 Å². The van der Waals surface area contributed by atoms with Crippen molar-refractivity contribution in [3.05, 3.63) is 59.2 Å². The summed E-state index contributed by atoms with van der Waals surface area (Å²) in [6.45, 7) is 0.269. The Morgan fingerprint density at radius 1 is 1.35 bits per heavy atom. The van der Waals surface area contributed by atoms with E-state index in [0.29, 0.717) is 17.7 Å². The molecular weight excluding hydrogens is 219 g/mol. The molecule has 1 aromatic carbocycles. The summed E-state index contributed by atoms with van der Waals surface area (Å²) >= 11 is 0. The first kappa shape index (κ1) is 11.4. The van der Waals surface area contributed by atoms with Gasteiger partial charge in [0.1, 0.15) is 5.82 Å². The van der Waals surface area contributed by atoms with Gasteiger partial charge in [0, 0.05) is 17.5 Å². The molecule has 4 heteroatoms. The van der Waals surface area contributed by atoms with Crippen molar-refractivity contribution in [3.63, 3.8) is 0 Å². The average molecular weight is 230 g/mol. The molecular formula is C13H11FN2O. The number of hydrogen-bond acceptors (Lipinski definition) is 2. The van der Waals surface area contributed by atoms with Gasteiger partial charge in [-0.1, -0.05) is 6.07 Å². The zero-order valence-corrected chi connectivity index (χ0v) is 9.10. The lowest BCUT2D eigenvalue weighted by Gasteiger charge is -2.08. The molecule has 3 nitrogen and oxygen atoms in total. The molecule has 1 heterocycles. The van der Waals surface area contributed by atoms with Gasteiger partial charge in [-0.2, -0.15) is 5.26 Å². The Morgan fingerprint density at radius 3 is 2.82 bits per heavy atom. The molecule has 0 saturated carbocycles. The van der Waals surface area contributed by atoms with Gasteiger partial charge >= 0.3 is 0 Å². The smallest absolute Gasteiger partial charge is 0.129 e. The van der Waals surface area contributed by atoms with Crippen LogP contribution in [0.15, 0.2) is 36.5 Å². The second kappa shape index (κ2) is 4.81. The monoisotopic (exact) mass is 230 g/mol. The highest BCUT2D eigenvalue weighted by Gasteiger charge is 2.06. The van der Waals surface area contributed by atoms with Crippen molar-refractivity contribution < 1.29 is 9.50 Å². The lowest BCUT2D eigenvalue weighted by molar-refractivity contribution is 0.271. The number of halogens is 1. The predicted octanol–water partition coefficient (Wildman–Crippen LogP) is 2.04. The number of nitrogens with zero attached hydrogens (tertiary/aromatic N) is 2. The molecule has 2 aromatic rings. The summed E-state index contributed by atoms with van der Waals surface area (Å²) in [5.41, 5.74) is 1.53. The second-order valence-corrected chi connectivity index (χ2v) is 3.70. The van der Waals surface area contributed by atoms with Crippen LogP contribution in [0.2, 0.25) is 0 Å². The first-order valence-electron chi connectivity index (χ1n) is 5.18. The van der Waals surface area contributed by atoms with Crippen LogP contribution in [-0.4, -0.2) is 9.67 Å². The first-order chi connectivity index (χ1) is 8.24. The van der Waals surface area contributed by atoms with Gasteiger partial charge in [0.2, 0.25) is 0 Å². The van der Waals surface area contributed by atoms with E-state index in [1.807, 2.05) is 6.07 Å². The van der Waals surface area contributed by atoms with Crippen LogP contribution < -0.4 is 0 Å². The zero-order valence-electron chi connectivity index (χ0n) is 9.10. The van der Waals surface area contributed by atoms with E-state index < -0.39 is 5.82 Å². The van der Waals surface area contributed by atoms with Crippen LogP contribution in [0.5, 0.6) is 0 Å². The van der Waals surface area contributed by atoms with Gasteiger partial charge in [0.05, 0.1) is 24.8 Å². The van der Waals surface area contributed by atoms with Crippen molar-refractivity contribution in [1.29, 1.82) is 5.26 Å². The van der Waals surface area contributed by atoms with Crippen LogP contribution >= 0.6 is 0 Å². The Labute approximate surface area is 98.4 Å². The van der Waals surface area contributed by atoms with E-state index >= 15 is 0 Å². The molecule has 0 spiro atoms. The van der Waals surface area contributed by atoms with Gasteiger partial charge in [0.15, 0.2) is 0 Å². The largest absolute Gasteiger partial charge is 0.390 e. The average Bonchev–Trinajstić information content (AvgIpc) is 2.79. The summed E-state index contributed by atoms with van der Waals surface area (Å²) in [5, 5.41) is 17.7. The van der Waals surface area contributed by atoms with E-state index in [0.717, 1.165) is 5.69 Å². The van der Waals surface area contributed by atoms with E-state index in [4.69, 9.17) is 10.4 Å². The van der Waals surface area contributed by atoms with Crippen LogP contribution in [0.3, 0.4) is 0 Å². The fraction of sp³-hybridized carbons (Fsp3) is 0.154. The van der Waals surface area contributed by atoms with Gasteiger partial charge < -0.3 is 9.67 Å². The van der Waals surface area contributed by atoms with E-state index in [9.17, 15) is 4.39 Å². The molecule has 0 bridgehead atoms. The van der Waals surface area contributed by atoms with E-state index in [2.05, 4.69) is 0 Å². The molecule has 0 amide bonds. The van der Waals surface area contributed by atoms with Crippen LogP contribution in [0, 0.1) is 17.1 Å². The molecule has 0 unspecified atom stereocenters. The van der Waals surface area contributed by atoms with Gasteiger partial charge in [-0.05, 0) is 24.3 Å². The second-order valence-electron chi connectivity index (χ2n) is 3.70. The quantitative estimate of drug-likeness (QED) is 0.877. The summed E-state index contributed by atoms with van der Waals surface area (Å²) < 4.78 is 15.4. The number of nitriles is 1. The Bertz CT molecular complexity index is 569. The van der Waals surface area contributed by atoms with E-state index in [1.54, 1.807) is 35.0 Å². The number of aliphatic hydroxyl groups is 1. The third-order valence-corrected chi connectivity index (χ3v) is 2.61. The van der Waals surface area contributed by atoms with Crippen molar-refractivity contribution in [2.45, 2.75) is 13.2 Å². The normalized spacial score (nSPS) is 10.2. The highest BCUT2D eigenvalue weighted by Crippen LogP contribution is 2.13. The van der Waals surface area contributed by atoms with Crippen LogP contribution in [0.4, 0.5) is 4.39 Å². The molecule has 1 N–H and O–H groups in total.